The first-order chi connectivity index (χ1) is 8.69. The number of hydrogen-bond acceptors (Lipinski definition) is 3. The molecule has 0 amide bonds. The van der Waals surface area contributed by atoms with E-state index in [1.165, 1.54) is 6.20 Å². The lowest BCUT2D eigenvalue weighted by Gasteiger charge is -2.01. The van der Waals surface area contributed by atoms with Gasteiger partial charge in [0.05, 0.1) is 13.7 Å². The first kappa shape index (κ1) is 12.5. The van der Waals surface area contributed by atoms with Gasteiger partial charge in [-0.05, 0) is 23.8 Å². The standard InChI is InChI=1S/C13H13ClN2O2/c1-18-12-4-2-10(3-5-12)9-15-13-8-11(14)6-7-16(13)17/h2-8,17H,9H2,1H3. The van der Waals surface area contributed by atoms with E-state index in [-0.39, 0.29) is 0 Å². The maximum atomic E-state index is 9.54. The molecule has 5 heteroatoms. The molecule has 0 spiro atoms. The Morgan fingerprint density at radius 3 is 2.67 bits per heavy atom. The second-order valence-corrected chi connectivity index (χ2v) is 4.15. The van der Waals surface area contributed by atoms with Crippen LogP contribution in [0.1, 0.15) is 5.56 Å². The number of methoxy groups -OCH3 is 1. The number of ether oxygens (including phenoxy) is 1. The van der Waals surface area contributed by atoms with E-state index < -0.39 is 0 Å². The summed E-state index contributed by atoms with van der Waals surface area (Å²) in [5.74, 6) is 0.804. The minimum atomic E-state index is 0.415. The zero-order valence-electron chi connectivity index (χ0n) is 9.88. The SMILES string of the molecule is COc1ccc(CN=c2cc(Cl)ccn2O)cc1. The van der Waals surface area contributed by atoms with Crippen molar-refractivity contribution in [1.82, 2.24) is 4.73 Å². The molecule has 2 aromatic rings. The highest BCUT2D eigenvalue weighted by Crippen LogP contribution is 2.11. The minimum Gasteiger partial charge on any atom is -0.497 e. The molecule has 0 aliphatic heterocycles. The molecule has 1 aromatic carbocycles. The molecule has 0 aliphatic carbocycles. The maximum Gasteiger partial charge on any atom is 0.165 e. The van der Waals surface area contributed by atoms with Gasteiger partial charge < -0.3 is 9.94 Å². The van der Waals surface area contributed by atoms with Crippen LogP contribution < -0.4 is 10.2 Å². The average molecular weight is 265 g/mol. The molecule has 0 bridgehead atoms. The molecule has 1 aromatic heterocycles. The summed E-state index contributed by atoms with van der Waals surface area (Å²) in [7, 11) is 1.63. The Morgan fingerprint density at radius 2 is 2.00 bits per heavy atom. The van der Waals surface area contributed by atoms with E-state index in [4.69, 9.17) is 16.3 Å². The van der Waals surface area contributed by atoms with Crippen LogP contribution in [-0.2, 0) is 6.54 Å². The summed E-state index contributed by atoms with van der Waals surface area (Å²) in [6.07, 6.45) is 1.45. The molecular weight excluding hydrogens is 252 g/mol. The molecule has 0 fully saturated rings. The van der Waals surface area contributed by atoms with Crippen molar-refractivity contribution in [2.45, 2.75) is 6.54 Å². The van der Waals surface area contributed by atoms with Crippen molar-refractivity contribution in [3.05, 3.63) is 58.7 Å². The van der Waals surface area contributed by atoms with Crippen molar-refractivity contribution in [1.29, 1.82) is 0 Å². The molecule has 18 heavy (non-hydrogen) atoms. The Morgan fingerprint density at radius 1 is 1.28 bits per heavy atom. The Bertz CT molecular complexity index is 591. The average Bonchev–Trinajstić information content (AvgIpc) is 2.40. The van der Waals surface area contributed by atoms with Crippen molar-refractivity contribution >= 4 is 11.6 Å². The topological polar surface area (TPSA) is 46.8 Å². The van der Waals surface area contributed by atoms with Crippen molar-refractivity contribution < 1.29 is 9.94 Å². The third kappa shape index (κ3) is 3.05. The maximum absolute atomic E-state index is 9.54. The summed E-state index contributed by atoms with van der Waals surface area (Å²) in [6.45, 7) is 0.463. The second kappa shape index (κ2) is 5.60. The normalized spacial score (nSPS) is 11.6. The van der Waals surface area contributed by atoms with Crippen molar-refractivity contribution in [3.63, 3.8) is 0 Å². The van der Waals surface area contributed by atoms with Crippen LogP contribution in [0.4, 0.5) is 0 Å². The van der Waals surface area contributed by atoms with E-state index in [1.54, 1.807) is 19.2 Å². The van der Waals surface area contributed by atoms with Crippen LogP contribution in [-0.4, -0.2) is 17.0 Å². The molecule has 0 saturated carbocycles. The molecule has 0 saturated heterocycles. The van der Waals surface area contributed by atoms with Gasteiger partial charge in [-0.3, -0.25) is 4.99 Å². The van der Waals surface area contributed by atoms with Crippen molar-refractivity contribution in [3.8, 4) is 5.75 Å². The highest BCUT2D eigenvalue weighted by atomic mass is 35.5. The molecular formula is C13H13ClN2O2. The lowest BCUT2D eigenvalue weighted by molar-refractivity contribution is 0.171. The van der Waals surface area contributed by atoms with Gasteiger partial charge >= 0.3 is 0 Å². The molecule has 94 valence electrons. The van der Waals surface area contributed by atoms with Gasteiger partial charge in [0.25, 0.3) is 0 Å². The molecule has 0 unspecified atom stereocenters. The fourth-order valence-electron chi connectivity index (χ4n) is 1.48. The van der Waals surface area contributed by atoms with E-state index in [0.29, 0.717) is 17.1 Å². The Kier molecular flexibility index (Phi) is 3.89. The van der Waals surface area contributed by atoms with Crippen molar-refractivity contribution in [2.24, 2.45) is 4.99 Å². The van der Waals surface area contributed by atoms with Crippen LogP contribution in [0, 0.1) is 0 Å². The van der Waals surface area contributed by atoms with Crippen LogP contribution in [0.2, 0.25) is 5.02 Å². The summed E-state index contributed by atoms with van der Waals surface area (Å²) in [6, 6.07) is 10.8. The van der Waals surface area contributed by atoms with Crippen LogP contribution in [0.5, 0.6) is 5.75 Å². The number of benzene rings is 1. The van der Waals surface area contributed by atoms with Gasteiger partial charge in [-0.25, -0.2) is 0 Å². The summed E-state index contributed by atoms with van der Waals surface area (Å²) >= 11 is 5.84. The highest BCUT2D eigenvalue weighted by molar-refractivity contribution is 6.30. The molecule has 0 aliphatic rings. The number of aromatic nitrogens is 1. The van der Waals surface area contributed by atoms with E-state index in [1.807, 2.05) is 24.3 Å². The second-order valence-electron chi connectivity index (χ2n) is 3.71. The van der Waals surface area contributed by atoms with Gasteiger partial charge in [-0.1, -0.05) is 23.7 Å². The molecule has 1 N–H and O–H groups in total. The van der Waals surface area contributed by atoms with E-state index >= 15 is 0 Å². The first-order valence-electron chi connectivity index (χ1n) is 5.40. The smallest absolute Gasteiger partial charge is 0.165 e. The molecule has 0 atom stereocenters. The monoisotopic (exact) mass is 264 g/mol. The number of nitrogens with zero attached hydrogens (tertiary/aromatic N) is 2. The number of pyridine rings is 1. The van der Waals surface area contributed by atoms with Crippen LogP contribution in [0.3, 0.4) is 0 Å². The number of rotatable bonds is 3. The summed E-state index contributed by atoms with van der Waals surface area (Å²) in [5, 5.41) is 10.1. The summed E-state index contributed by atoms with van der Waals surface area (Å²) < 4.78 is 6.01. The minimum absolute atomic E-state index is 0.415. The molecule has 0 radical (unpaired) electrons. The predicted molar refractivity (Wildman–Crippen MR) is 68.9 cm³/mol. The Labute approximate surface area is 110 Å². The number of hydrogen-bond donors (Lipinski definition) is 1. The third-order valence-corrected chi connectivity index (χ3v) is 2.69. The van der Waals surface area contributed by atoms with Gasteiger partial charge in [0.15, 0.2) is 5.49 Å². The van der Waals surface area contributed by atoms with E-state index in [9.17, 15) is 5.21 Å². The quantitative estimate of drug-likeness (QED) is 0.866. The Hall–Kier alpha value is -1.94. The highest BCUT2D eigenvalue weighted by Gasteiger charge is 1.95. The zero-order valence-corrected chi connectivity index (χ0v) is 10.6. The summed E-state index contributed by atoms with van der Waals surface area (Å²) in [4.78, 5) is 4.28. The Balaban J connectivity index is 2.21. The fourth-order valence-corrected chi connectivity index (χ4v) is 1.63. The molecule has 1 heterocycles. The van der Waals surface area contributed by atoms with Gasteiger partial charge in [0.1, 0.15) is 5.75 Å². The molecule has 2 rings (SSSR count). The van der Waals surface area contributed by atoms with Crippen LogP contribution >= 0.6 is 11.6 Å². The largest absolute Gasteiger partial charge is 0.497 e. The third-order valence-electron chi connectivity index (χ3n) is 2.46. The molecule has 4 nitrogen and oxygen atoms in total. The van der Waals surface area contributed by atoms with Crippen molar-refractivity contribution in [2.75, 3.05) is 7.11 Å². The lowest BCUT2D eigenvalue weighted by atomic mass is 10.2. The van der Waals surface area contributed by atoms with Crippen LogP contribution in [0.25, 0.3) is 0 Å². The summed E-state index contributed by atoms with van der Waals surface area (Å²) in [5.41, 5.74) is 1.44. The van der Waals surface area contributed by atoms with E-state index in [0.717, 1.165) is 16.0 Å². The first-order valence-corrected chi connectivity index (χ1v) is 5.78. The fraction of sp³-hybridized carbons (Fsp3) is 0.154. The van der Waals surface area contributed by atoms with Gasteiger partial charge in [-0.15, -0.1) is 0 Å². The predicted octanol–water partition coefficient (Wildman–Crippen LogP) is 2.49. The zero-order chi connectivity index (χ0) is 13.0. The van der Waals surface area contributed by atoms with Gasteiger partial charge in [0.2, 0.25) is 0 Å². The number of halogens is 1. The van der Waals surface area contributed by atoms with E-state index in [2.05, 4.69) is 4.99 Å². The van der Waals surface area contributed by atoms with Crippen LogP contribution in [0.15, 0.2) is 47.6 Å². The lowest BCUT2D eigenvalue weighted by Crippen LogP contribution is -2.17. The van der Waals surface area contributed by atoms with Gasteiger partial charge in [0, 0.05) is 17.3 Å². The van der Waals surface area contributed by atoms with Gasteiger partial charge in [-0.2, -0.15) is 4.73 Å².